The van der Waals surface area contributed by atoms with Crippen LogP contribution in [-0.2, 0) is 6.54 Å². The Hall–Kier alpha value is -0.870. The minimum Gasteiger partial charge on any atom is -0.396 e. The van der Waals surface area contributed by atoms with Crippen LogP contribution in [0.4, 0.5) is 0 Å². The van der Waals surface area contributed by atoms with E-state index in [-0.39, 0.29) is 12.5 Å². The van der Waals surface area contributed by atoms with E-state index in [9.17, 15) is 5.11 Å². The topological polar surface area (TPSA) is 64.1 Å². The lowest BCUT2D eigenvalue weighted by molar-refractivity contribution is 0.267. The molecule has 1 atom stereocenters. The fraction of sp³-hybridized carbons (Fsp3) is 0.700. The van der Waals surface area contributed by atoms with Gasteiger partial charge in [0.1, 0.15) is 0 Å². The first-order chi connectivity index (χ1) is 6.65. The third kappa shape index (κ3) is 1.81. The highest BCUT2D eigenvalue weighted by Crippen LogP contribution is 2.22. The molecule has 14 heavy (non-hydrogen) atoms. The summed E-state index contributed by atoms with van der Waals surface area (Å²) < 4.78 is 1.95. The quantitative estimate of drug-likeness (QED) is 0.741. The average molecular weight is 197 g/mol. The standard InChI is InChI=1S/C10H19N3O/c1-4-13-8(3)10(7(2)12-13)9(5-11)6-14/h9,14H,4-6,11H2,1-3H3. The fourth-order valence-corrected chi connectivity index (χ4v) is 1.89. The summed E-state index contributed by atoms with van der Waals surface area (Å²) in [5.41, 5.74) is 8.82. The maximum absolute atomic E-state index is 9.19. The summed E-state index contributed by atoms with van der Waals surface area (Å²) in [6.07, 6.45) is 0. The predicted octanol–water partition coefficient (Wildman–Crippen LogP) is 0.554. The van der Waals surface area contributed by atoms with Gasteiger partial charge in [-0.2, -0.15) is 5.10 Å². The summed E-state index contributed by atoms with van der Waals surface area (Å²) in [6, 6.07) is 0. The molecule has 0 saturated carbocycles. The van der Waals surface area contributed by atoms with Gasteiger partial charge in [-0.15, -0.1) is 0 Å². The van der Waals surface area contributed by atoms with Gasteiger partial charge in [-0.3, -0.25) is 4.68 Å². The molecule has 3 N–H and O–H groups in total. The van der Waals surface area contributed by atoms with Gasteiger partial charge in [0.15, 0.2) is 0 Å². The molecule has 0 amide bonds. The summed E-state index contributed by atoms with van der Waals surface area (Å²) in [6.45, 7) is 7.46. The summed E-state index contributed by atoms with van der Waals surface area (Å²) in [7, 11) is 0. The van der Waals surface area contributed by atoms with Gasteiger partial charge in [-0.1, -0.05) is 0 Å². The van der Waals surface area contributed by atoms with Crippen LogP contribution in [0, 0.1) is 13.8 Å². The molecule has 1 rings (SSSR count). The minimum atomic E-state index is 0.0234. The summed E-state index contributed by atoms with van der Waals surface area (Å²) in [5, 5.41) is 13.6. The smallest absolute Gasteiger partial charge is 0.0632 e. The molecule has 0 aliphatic carbocycles. The van der Waals surface area contributed by atoms with Crippen molar-refractivity contribution in [2.24, 2.45) is 5.73 Å². The molecule has 0 fully saturated rings. The molecule has 4 heteroatoms. The van der Waals surface area contributed by atoms with Gasteiger partial charge in [0.05, 0.1) is 12.3 Å². The first-order valence-electron chi connectivity index (χ1n) is 5.00. The number of rotatable bonds is 4. The van der Waals surface area contributed by atoms with E-state index < -0.39 is 0 Å². The molecule has 1 unspecified atom stereocenters. The molecule has 0 aromatic carbocycles. The van der Waals surface area contributed by atoms with E-state index >= 15 is 0 Å². The van der Waals surface area contributed by atoms with Gasteiger partial charge in [0, 0.05) is 30.3 Å². The molecule has 1 aromatic heterocycles. The zero-order chi connectivity index (χ0) is 10.7. The van der Waals surface area contributed by atoms with Crippen molar-refractivity contribution in [2.75, 3.05) is 13.2 Å². The Labute approximate surface area is 84.7 Å². The molecule has 0 aliphatic heterocycles. The van der Waals surface area contributed by atoms with Crippen molar-refractivity contribution in [3.8, 4) is 0 Å². The van der Waals surface area contributed by atoms with E-state index in [4.69, 9.17) is 5.73 Å². The molecule has 0 radical (unpaired) electrons. The molecule has 1 heterocycles. The zero-order valence-electron chi connectivity index (χ0n) is 9.12. The van der Waals surface area contributed by atoms with E-state index in [2.05, 4.69) is 12.0 Å². The Bertz CT molecular complexity index is 303. The molecule has 0 aliphatic rings. The summed E-state index contributed by atoms with van der Waals surface area (Å²) >= 11 is 0. The third-order valence-corrected chi connectivity index (χ3v) is 2.65. The predicted molar refractivity (Wildman–Crippen MR) is 56.3 cm³/mol. The summed E-state index contributed by atoms with van der Waals surface area (Å²) in [4.78, 5) is 0. The second-order valence-corrected chi connectivity index (χ2v) is 3.52. The van der Waals surface area contributed by atoms with Crippen molar-refractivity contribution in [1.82, 2.24) is 9.78 Å². The normalized spacial score (nSPS) is 13.2. The summed E-state index contributed by atoms with van der Waals surface area (Å²) in [5.74, 6) is 0.0234. The molecule has 1 aromatic rings. The van der Waals surface area contributed by atoms with Crippen molar-refractivity contribution in [3.63, 3.8) is 0 Å². The fourth-order valence-electron chi connectivity index (χ4n) is 1.89. The molecule has 80 valence electrons. The van der Waals surface area contributed by atoms with E-state index in [1.54, 1.807) is 0 Å². The van der Waals surface area contributed by atoms with E-state index in [0.717, 1.165) is 23.5 Å². The van der Waals surface area contributed by atoms with Gasteiger partial charge >= 0.3 is 0 Å². The maximum Gasteiger partial charge on any atom is 0.0632 e. The zero-order valence-corrected chi connectivity index (χ0v) is 9.12. The number of nitrogens with two attached hydrogens (primary N) is 1. The molecule has 0 saturated heterocycles. The van der Waals surface area contributed by atoms with Crippen LogP contribution in [0.2, 0.25) is 0 Å². The van der Waals surface area contributed by atoms with Gasteiger partial charge in [-0.25, -0.2) is 0 Å². The number of aromatic nitrogens is 2. The Kier molecular flexibility index (Phi) is 3.66. The number of nitrogens with zero attached hydrogens (tertiary/aromatic N) is 2. The number of aryl methyl sites for hydroxylation is 2. The number of aliphatic hydroxyl groups excluding tert-OH is 1. The molecular weight excluding hydrogens is 178 g/mol. The van der Waals surface area contributed by atoms with Gasteiger partial charge in [0.2, 0.25) is 0 Å². The van der Waals surface area contributed by atoms with Crippen LogP contribution in [0.25, 0.3) is 0 Å². The van der Waals surface area contributed by atoms with Crippen LogP contribution < -0.4 is 5.73 Å². The molecular formula is C10H19N3O. The van der Waals surface area contributed by atoms with Gasteiger partial charge in [0.25, 0.3) is 0 Å². The van der Waals surface area contributed by atoms with E-state index in [1.807, 2.05) is 18.5 Å². The average Bonchev–Trinajstić information content (AvgIpc) is 2.46. The van der Waals surface area contributed by atoms with E-state index in [0.29, 0.717) is 6.54 Å². The highest BCUT2D eigenvalue weighted by molar-refractivity contribution is 5.29. The second-order valence-electron chi connectivity index (χ2n) is 3.52. The lowest BCUT2D eigenvalue weighted by Gasteiger charge is -2.12. The van der Waals surface area contributed by atoms with Crippen LogP contribution in [-0.4, -0.2) is 28.0 Å². The Morgan fingerprint density at radius 2 is 2.14 bits per heavy atom. The Morgan fingerprint density at radius 3 is 2.50 bits per heavy atom. The molecule has 0 spiro atoms. The number of aliphatic hydroxyl groups is 1. The lowest BCUT2D eigenvalue weighted by Crippen LogP contribution is -2.17. The third-order valence-electron chi connectivity index (χ3n) is 2.65. The van der Waals surface area contributed by atoms with Crippen molar-refractivity contribution < 1.29 is 5.11 Å². The Balaban J connectivity index is 3.12. The van der Waals surface area contributed by atoms with Crippen LogP contribution in [0.3, 0.4) is 0 Å². The van der Waals surface area contributed by atoms with Crippen LogP contribution in [0.15, 0.2) is 0 Å². The van der Waals surface area contributed by atoms with Crippen LogP contribution in [0.5, 0.6) is 0 Å². The Morgan fingerprint density at radius 1 is 1.50 bits per heavy atom. The van der Waals surface area contributed by atoms with E-state index in [1.165, 1.54) is 0 Å². The first-order valence-corrected chi connectivity index (χ1v) is 5.00. The minimum absolute atomic E-state index is 0.0234. The van der Waals surface area contributed by atoms with Crippen molar-refractivity contribution >= 4 is 0 Å². The highest BCUT2D eigenvalue weighted by atomic mass is 16.3. The highest BCUT2D eigenvalue weighted by Gasteiger charge is 2.18. The maximum atomic E-state index is 9.19. The first kappa shape index (κ1) is 11.2. The van der Waals surface area contributed by atoms with Gasteiger partial charge < -0.3 is 10.8 Å². The largest absolute Gasteiger partial charge is 0.396 e. The van der Waals surface area contributed by atoms with Crippen LogP contribution >= 0.6 is 0 Å². The molecule has 4 nitrogen and oxygen atoms in total. The number of hydrogen-bond acceptors (Lipinski definition) is 3. The van der Waals surface area contributed by atoms with Gasteiger partial charge in [-0.05, 0) is 20.8 Å². The SMILES string of the molecule is CCn1nc(C)c(C(CN)CO)c1C. The van der Waals surface area contributed by atoms with Crippen LogP contribution in [0.1, 0.15) is 29.8 Å². The van der Waals surface area contributed by atoms with Crippen molar-refractivity contribution in [2.45, 2.75) is 33.2 Å². The lowest BCUT2D eigenvalue weighted by atomic mass is 9.98. The second kappa shape index (κ2) is 4.57. The molecule has 0 bridgehead atoms. The van der Waals surface area contributed by atoms with Crippen molar-refractivity contribution in [3.05, 3.63) is 17.0 Å². The number of hydrogen-bond donors (Lipinski definition) is 2. The van der Waals surface area contributed by atoms with Crippen molar-refractivity contribution in [1.29, 1.82) is 0 Å². The monoisotopic (exact) mass is 197 g/mol.